The fourth-order valence-electron chi connectivity index (χ4n) is 5.48. The molecule has 0 aromatic rings. The summed E-state index contributed by atoms with van der Waals surface area (Å²) >= 11 is 0. The Balaban J connectivity index is 2.08. The van der Waals surface area contributed by atoms with Crippen LogP contribution in [0.5, 0.6) is 0 Å². The van der Waals surface area contributed by atoms with Gasteiger partial charge in [-0.2, -0.15) is 0 Å². The van der Waals surface area contributed by atoms with E-state index in [9.17, 15) is 15.0 Å². The van der Waals surface area contributed by atoms with Gasteiger partial charge in [0, 0.05) is 25.2 Å². The third-order valence-corrected chi connectivity index (χ3v) is 6.98. The molecule has 0 spiro atoms. The first-order valence-electron chi connectivity index (χ1n) is 10.1. The molecular weight excluding hydrogens is 344 g/mol. The Morgan fingerprint density at radius 2 is 2.11 bits per heavy atom. The summed E-state index contributed by atoms with van der Waals surface area (Å²) in [4.78, 5) is 11.7. The summed E-state index contributed by atoms with van der Waals surface area (Å²) in [6, 6.07) is 0. The first kappa shape index (κ1) is 20.6. The largest absolute Gasteiger partial charge is 0.459 e. The zero-order valence-electron chi connectivity index (χ0n) is 17.1. The van der Waals surface area contributed by atoms with Gasteiger partial charge in [0.1, 0.15) is 11.7 Å². The molecule has 0 radical (unpaired) electrons. The summed E-state index contributed by atoms with van der Waals surface area (Å²) in [5.41, 5.74) is 0.570. The molecular formula is C22H34O5. The number of hydrogen-bond donors (Lipinski definition) is 2. The zero-order chi connectivity index (χ0) is 20.1. The Bertz CT molecular complexity index is 635. The molecule has 0 amide bonds. The van der Waals surface area contributed by atoms with Crippen LogP contribution >= 0.6 is 0 Å². The molecule has 2 bridgehead atoms. The first-order valence-corrected chi connectivity index (χ1v) is 10.1. The molecule has 152 valence electrons. The van der Waals surface area contributed by atoms with Gasteiger partial charge in [0.25, 0.3) is 0 Å². The van der Waals surface area contributed by atoms with E-state index < -0.39 is 29.9 Å². The number of rotatable bonds is 2. The molecule has 27 heavy (non-hydrogen) atoms. The number of esters is 1. The van der Waals surface area contributed by atoms with Crippen LogP contribution in [-0.2, 0) is 14.3 Å². The fraction of sp³-hybridized carbons (Fsp3) is 0.773. The van der Waals surface area contributed by atoms with E-state index in [1.807, 2.05) is 0 Å². The summed E-state index contributed by atoms with van der Waals surface area (Å²) in [6.07, 6.45) is 1.70. The SMILES string of the molecule is C=C1C[C@H]2O[C@H]([C@H]3[C@@H]2C(C)=CC[C@@H]3C(C)C)[C@](C)(O)[C@@H](OC(C)=O)C[C@@H]1O. The summed E-state index contributed by atoms with van der Waals surface area (Å²) in [5, 5.41) is 22.1. The number of aliphatic hydroxyl groups excluding tert-OH is 1. The van der Waals surface area contributed by atoms with E-state index in [0.29, 0.717) is 23.8 Å². The molecule has 0 aromatic carbocycles. The average Bonchev–Trinajstić information content (AvgIpc) is 2.94. The van der Waals surface area contributed by atoms with Gasteiger partial charge >= 0.3 is 5.97 Å². The van der Waals surface area contributed by atoms with Crippen molar-refractivity contribution in [3.63, 3.8) is 0 Å². The number of carbonyl (C=O) groups excluding carboxylic acids is 1. The van der Waals surface area contributed by atoms with Crippen molar-refractivity contribution in [2.45, 2.75) is 83.9 Å². The van der Waals surface area contributed by atoms with Crippen LogP contribution in [0.15, 0.2) is 23.8 Å². The number of hydrogen-bond acceptors (Lipinski definition) is 5. The van der Waals surface area contributed by atoms with Gasteiger partial charge in [-0.1, -0.05) is 32.1 Å². The maximum Gasteiger partial charge on any atom is 0.303 e. The lowest BCUT2D eigenvalue weighted by atomic mass is 9.62. The highest BCUT2D eigenvalue weighted by atomic mass is 16.6. The van der Waals surface area contributed by atoms with Crippen LogP contribution in [-0.4, -0.2) is 46.2 Å². The highest BCUT2D eigenvalue weighted by Crippen LogP contribution is 2.53. The summed E-state index contributed by atoms with van der Waals surface area (Å²) in [7, 11) is 0. The van der Waals surface area contributed by atoms with Crippen LogP contribution in [0.1, 0.15) is 53.9 Å². The minimum absolute atomic E-state index is 0.123. The van der Waals surface area contributed by atoms with Gasteiger partial charge in [-0.05, 0) is 44.1 Å². The molecule has 0 saturated carbocycles. The third kappa shape index (κ3) is 3.62. The third-order valence-electron chi connectivity index (χ3n) is 6.98. The smallest absolute Gasteiger partial charge is 0.303 e. The van der Waals surface area contributed by atoms with E-state index in [2.05, 4.69) is 33.4 Å². The molecule has 2 heterocycles. The van der Waals surface area contributed by atoms with Crippen molar-refractivity contribution in [2.75, 3.05) is 0 Å². The van der Waals surface area contributed by atoms with Crippen LogP contribution in [0.25, 0.3) is 0 Å². The van der Waals surface area contributed by atoms with Crippen molar-refractivity contribution in [1.82, 2.24) is 0 Å². The number of allylic oxidation sites excluding steroid dienone is 1. The maximum absolute atomic E-state index is 11.7. The van der Waals surface area contributed by atoms with E-state index in [1.165, 1.54) is 12.5 Å². The lowest BCUT2D eigenvalue weighted by Gasteiger charge is -2.44. The van der Waals surface area contributed by atoms with Crippen molar-refractivity contribution in [3.8, 4) is 0 Å². The molecule has 2 saturated heterocycles. The monoisotopic (exact) mass is 378 g/mol. The Morgan fingerprint density at radius 1 is 1.44 bits per heavy atom. The van der Waals surface area contributed by atoms with Crippen molar-refractivity contribution in [1.29, 1.82) is 0 Å². The molecule has 2 fully saturated rings. The average molecular weight is 379 g/mol. The molecule has 2 aliphatic heterocycles. The van der Waals surface area contributed by atoms with Gasteiger partial charge in [-0.25, -0.2) is 0 Å². The molecule has 1 aliphatic carbocycles. The van der Waals surface area contributed by atoms with E-state index in [1.54, 1.807) is 6.92 Å². The Hall–Kier alpha value is -1.17. The van der Waals surface area contributed by atoms with E-state index in [0.717, 1.165) is 6.42 Å². The second-order valence-electron chi connectivity index (χ2n) is 9.23. The predicted molar refractivity (Wildman–Crippen MR) is 103 cm³/mol. The predicted octanol–water partition coefficient (Wildman–Crippen LogP) is 3.00. The molecule has 0 aromatic heterocycles. The second kappa shape index (κ2) is 7.34. The number of ether oxygens (including phenoxy) is 2. The fourth-order valence-corrected chi connectivity index (χ4v) is 5.48. The van der Waals surface area contributed by atoms with Gasteiger partial charge in [0.2, 0.25) is 0 Å². The number of fused-ring (bicyclic) bond motifs is 5. The number of aliphatic hydroxyl groups is 2. The quantitative estimate of drug-likeness (QED) is 0.571. The van der Waals surface area contributed by atoms with E-state index in [-0.39, 0.29) is 24.4 Å². The summed E-state index contributed by atoms with van der Waals surface area (Å²) in [5.74, 6) is 0.699. The molecule has 3 aliphatic rings. The lowest BCUT2D eigenvalue weighted by molar-refractivity contribution is -0.191. The highest BCUT2D eigenvalue weighted by molar-refractivity contribution is 5.66. The van der Waals surface area contributed by atoms with E-state index in [4.69, 9.17) is 9.47 Å². The highest BCUT2D eigenvalue weighted by Gasteiger charge is 2.59. The lowest BCUT2D eigenvalue weighted by Crippen LogP contribution is -2.56. The molecule has 5 nitrogen and oxygen atoms in total. The standard InChI is InChI=1S/C22H34O5/c1-11(2)15-8-7-12(3)19-17-9-13(4)16(24)10-18(26-14(5)23)22(6,25)21(27-17)20(15)19/h7,11,15-21,24-25H,4,8-10H2,1-3,5-6H3/t15-,16+,17-,18+,19-,20-,21-,22-/m1/s1. The first-order chi connectivity index (χ1) is 12.5. The molecule has 0 unspecified atom stereocenters. The number of carbonyl (C=O) groups is 1. The van der Waals surface area contributed by atoms with Gasteiger partial charge in [0.05, 0.1) is 18.3 Å². The van der Waals surface area contributed by atoms with Gasteiger partial charge in [-0.15, -0.1) is 0 Å². The van der Waals surface area contributed by atoms with Crippen LogP contribution < -0.4 is 0 Å². The summed E-state index contributed by atoms with van der Waals surface area (Å²) < 4.78 is 12.0. The maximum atomic E-state index is 11.7. The minimum Gasteiger partial charge on any atom is -0.459 e. The van der Waals surface area contributed by atoms with Crippen molar-refractivity contribution in [3.05, 3.63) is 23.8 Å². The Morgan fingerprint density at radius 3 is 2.70 bits per heavy atom. The van der Waals surface area contributed by atoms with Crippen molar-refractivity contribution < 1.29 is 24.5 Å². The molecule has 2 N–H and O–H groups in total. The topological polar surface area (TPSA) is 76.0 Å². The van der Waals surface area contributed by atoms with Gasteiger partial charge in [0.15, 0.2) is 0 Å². The molecule has 8 atom stereocenters. The van der Waals surface area contributed by atoms with Crippen molar-refractivity contribution >= 4 is 5.97 Å². The van der Waals surface area contributed by atoms with Gasteiger partial charge < -0.3 is 19.7 Å². The van der Waals surface area contributed by atoms with Crippen LogP contribution in [0.3, 0.4) is 0 Å². The second-order valence-corrected chi connectivity index (χ2v) is 9.23. The Kier molecular flexibility index (Phi) is 5.59. The van der Waals surface area contributed by atoms with Crippen molar-refractivity contribution in [2.24, 2.45) is 23.7 Å². The minimum atomic E-state index is -1.39. The van der Waals surface area contributed by atoms with Crippen LogP contribution in [0.4, 0.5) is 0 Å². The van der Waals surface area contributed by atoms with Crippen LogP contribution in [0.2, 0.25) is 0 Å². The Labute approximate surface area is 162 Å². The summed E-state index contributed by atoms with van der Waals surface area (Å²) in [6.45, 7) is 13.6. The molecule has 5 heteroatoms. The normalized spacial score (nSPS) is 44.8. The van der Waals surface area contributed by atoms with Crippen LogP contribution in [0, 0.1) is 23.7 Å². The van der Waals surface area contributed by atoms with E-state index >= 15 is 0 Å². The zero-order valence-corrected chi connectivity index (χ0v) is 17.1. The van der Waals surface area contributed by atoms with Gasteiger partial charge in [-0.3, -0.25) is 4.79 Å². The molecule has 3 rings (SSSR count).